The van der Waals surface area contributed by atoms with Gasteiger partial charge in [0.1, 0.15) is 0 Å². The third kappa shape index (κ3) is 2.41. The maximum absolute atomic E-state index is 11.4. The molecule has 0 aliphatic carbocycles. The Morgan fingerprint density at radius 1 is 1.41 bits per heavy atom. The SMILES string of the molecule is O=C(O)C1(Cc2c(Cl)cccc2Cl)CCNC1. The molecule has 17 heavy (non-hydrogen) atoms. The average molecular weight is 274 g/mol. The number of carboxylic acid groups (broad SMARTS) is 1. The molecule has 1 fully saturated rings. The van der Waals surface area contributed by atoms with Gasteiger partial charge in [-0.15, -0.1) is 0 Å². The van der Waals surface area contributed by atoms with Crippen molar-refractivity contribution in [2.45, 2.75) is 12.8 Å². The number of carboxylic acids is 1. The standard InChI is InChI=1S/C12H13Cl2NO2/c13-9-2-1-3-10(14)8(9)6-12(11(16)17)4-5-15-7-12/h1-3,15H,4-7H2,(H,16,17). The van der Waals surface area contributed by atoms with Crippen LogP contribution in [-0.4, -0.2) is 24.2 Å². The van der Waals surface area contributed by atoms with Gasteiger partial charge in [-0.2, -0.15) is 0 Å². The summed E-state index contributed by atoms with van der Waals surface area (Å²) in [5.74, 6) is -0.793. The van der Waals surface area contributed by atoms with Crippen LogP contribution in [0.2, 0.25) is 10.0 Å². The molecule has 5 heteroatoms. The highest BCUT2D eigenvalue weighted by molar-refractivity contribution is 6.36. The Hall–Kier alpha value is -0.770. The van der Waals surface area contributed by atoms with Gasteiger partial charge in [-0.25, -0.2) is 0 Å². The van der Waals surface area contributed by atoms with E-state index in [1.807, 2.05) is 0 Å². The Kier molecular flexibility index (Phi) is 3.61. The molecule has 3 nitrogen and oxygen atoms in total. The number of benzene rings is 1. The zero-order valence-corrected chi connectivity index (χ0v) is 10.7. The van der Waals surface area contributed by atoms with E-state index in [4.69, 9.17) is 23.2 Å². The van der Waals surface area contributed by atoms with Crippen LogP contribution in [0.1, 0.15) is 12.0 Å². The fourth-order valence-corrected chi connectivity index (χ4v) is 2.72. The van der Waals surface area contributed by atoms with E-state index in [0.29, 0.717) is 36.0 Å². The number of rotatable bonds is 3. The van der Waals surface area contributed by atoms with Crippen molar-refractivity contribution in [2.75, 3.05) is 13.1 Å². The second-order valence-electron chi connectivity index (χ2n) is 4.39. The monoisotopic (exact) mass is 273 g/mol. The van der Waals surface area contributed by atoms with Crippen molar-refractivity contribution in [3.8, 4) is 0 Å². The van der Waals surface area contributed by atoms with Gasteiger partial charge in [-0.05, 0) is 37.1 Å². The van der Waals surface area contributed by atoms with Crippen LogP contribution >= 0.6 is 23.2 Å². The summed E-state index contributed by atoms with van der Waals surface area (Å²) in [5.41, 5.74) is -0.0591. The van der Waals surface area contributed by atoms with Crippen LogP contribution in [0.3, 0.4) is 0 Å². The summed E-state index contributed by atoms with van der Waals surface area (Å²) in [7, 11) is 0. The maximum atomic E-state index is 11.4. The predicted octanol–water partition coefficient (Wildman–Crippen LogP) is 2.60. The minimum atomic E-state index is -0.793. The number of nitrogens with one attached hydrogen (secondary N) is 1. The highest BCUT2D eigenvalue weighted by atomic mass is 35.5. The van der Waals surface area contributed by atoms with Gasteiger partial charge in [-0.1, -0.05) is 29.3 Å². The van der Waals surface area contributed by atoms with Crippen LogP contribution in [-0.2, 0) is 11.2 Å². The number of halogens is 2. The molecule has 1 heterocycles. The van der Waals surface area contributed by atoms with Crippen LogP contribution in [0.15, 0.2) is 18.2 Å². The van der Waals surface area contributed by atoms with Crippen molar-refractivity contribution < 1.29 is 9.90 Å². The summed E-state index contributed by atoms with van der Waals surface area (Å²) >= 11 is 12.2. The summed E-state index contributed by atoms with van der Waals surface area (Å²) < 4.78 is 0. The average Bonchev–Trinajstić information content (AvgIpc) is 2.73. The normalized spacial score (nSPS) is 23.9. The minimum Gasteiger partial charge on any atom is -0.481 e. The van der Waals surface area contributed by atoms with E-state index >= 15 is 0 Å². The van der Waals surface area contributed by atoms with Crippen molar-refractivity contribution in [1.82, 2.24) is 5.32 Å². The molecule has 0 amide bonds. The lowest BCUT2D eigenvalue weighted by Gasteiger charge is -2.24. The van der Waals surface area contributed by atoms with E-state index in [2.05, 4.69) is 5.32 Å². The lowest BCUT2D eigenvalue weighted by atomic mass is 9.81. The highest BCUT2D eigenvalue weighted by Crippen LogP contribution is 2.35. The van der Waals surface area contributed by atoms with E-state index in [9.17, 15) is 9.90 Å². The third-order valence-electron chi connectivity index (χ3n) is 3.27. The number of hydrogen-bond donors (Lipinski definition) is 2. The Labute approximate surface area is 110 Å². The largest absolute Gasteiger partial charge is 0.481 e. The van der Waals surface area contributed by atoms with E-state index in [1.54, 1.807) is 18.2 Å². The van der Waals surface area contributed by atoms with Crippen LogP contribution in [0.4, 0.5) is 0 Å². The zero-order valence-electron chi connectivity index (χ0n) is 9.17. The number of hydrogen-bond acceptors (Lipinski definition) is 2. The zero-order chi connectivity index (χ0) is 12.5. The number of carbonyl (C=O) groups is 1. The van der Waals surface area contributed by atoms with Crippen molar-refractivity contribution in [3.05, 3.63) is 33.8 Å². The maximum Gasteiger partial charge on any atom is 0.311 e. The summed E-state index contributed by atoms with van der Waals surface area (Å²) in [6, 6.07) is 5.23. The molecular formula is C12H13Cl2NO2. The van der Waals surface area contributed by atoms with Crippen molar-refractivity contribution >= 4 is 29.2 Å². The molecule has 0 aromatic heterocycles. The lowest BCUT2D eigenvalue weighted by Crippen LogP contribution is -2.35. The Morgan fingerprint density at radius 2 is 2.06 bits per heavy atom. The summed E-state index contributed by atoms with van der Waals surface area (Å²) in [6.45, 7) is 1.18. The smallest absolute Gasteiger partial charge is 0.311 e. The molecule has 92 valence electrons. The molecule has 0 bridgehead atoms. The van der Waals surface area contributed by atoms with Crippen molar-refractivity contribution in [1.29, 1.82) is 0 Å². The number of aliphatic carboxylic acids is 1. The molecule has 0 radical (unpaired) electrons. The third-order valence-corrected chi connectivity index (χ3v) is 3.98. The van der Waals surface area contributed by atoms with Gasteiger partial charge in [-0.3, -0.25) is 4.79 Å². The van der Waals surface area contributed by atoms with Crippen LogP contribution < -0.4 is 5.32 Å². The van der Waals surface area contributed by atoms with Gasteiger partial charge in [0.2, 0.25) is 0 Å². The van der Waals surface area contributed by atoms with Crippen molar-refractivity contribution in [2.24, 2.45) is 5.41 Å². The van der Waals surface area contributed by atoms with E-state index < -0.39 is 11.4 Å². The van der Waals surface area contributed by atoms with E-state index in [-0.39, 0.29) is 0 Å². The fourth-order valence-electron chi connectivity index (χ4n) is 2.19. The molecule has 1 aliphatic heterocycles. The first-order valence-corrected chi connectivity index (χ1v) is 6.18. The summed E-state index contributed by atoms with van der Waals surface area (Å²) in [4.78, 5) is 11.4. The Balaban J connectivity index is 2.33. The topological polar surface area (TPSA) is 49.3 Å². The summed E-state index contributed by atoms with van der Waals surface area (Å²) in [5, 5.41) is 13.5. The van der Waals surface area contributed by atoms with Crippen LogP contribution in [0.5, 0.6) is 0 Å². The van der Waals surface area contributed by atoms with Gasteiger partial charge in [0.05, 0.1) is 5.41 Å². The molecule has 1 aromatic rings. The molecule has 1 saturated heterocycles. The van der Waals surface area contributed by atoms with Gasteiger partial charge in [0, 0.05) is 16.6 Å². The highest BCUT2D eigenvalue weighted by Gasteiger charge is 2.42. The van der Waals surface area contributed by atoms with Gasteiger partial charge < -0.3 is 10.4 Å². The first-order chi connectivity index (χ1) is 8.05. The molecule has 1 aliphatic rings. The molecule has 0 spiro atoms. The molecule has 1 atom stereocenters. The molecule has 1 aromatic carbocycles. The molecule has 2 rings (SSSR count). The Bertz CT molecular complexity index is 422. The first kappa shape index (κ1) is 12.7. The minimum absolute atomic E-state index is 0.369. The predicted molar refractivity (Wildman–Crippen MR) is 67.7 cm³/mol. The van der Waals surface area contributed by atoms with Gasteiger partial charge in [0.15, 0.2) is 0 Å². The van der Waals surface area contributed by atoms with Crippen LogP contribution in [0, 0.1) is 5.41 Å². The second-order valence-corrected chi connectivity index (χ2v) is 5.20. The lowest BCUT2D eigenvalue weighted by molar-refractivity contribution is -0.147. The van der Waals surface area contributed by atoms with Crippen LogP contribution in [0.25, 0.3) is 0 Å². The Morgan fingerprint density at radius 3 is 2.53 bits per heavy atom. The molecule has 0 saturated carbocycles. The molecular weight excluding hydrogens is 261 g/mol. The first-order valence-electron chi connectivity index (χ1n) is 5.42. The van der Waals surface area contributed by atoms with E-state index in [0.717, 1.165) is 5.56 Å². The van der Waals surface area contributed by atoms with E-state index in [1.165, 1.54) is 0 Å². The van der Waals surface area contributed by atoms with Crippen molar-refractivity contribution in [3.63, 3.8) is 0 Å². The van der Waals surface area contributed by atoms with Gasteiger partial charge >= 0.3 is 5.97 Å². The quantitative estimate of drug-likeness (QED) is 0.890. The fraction of sp³-hybridized carbons (Fsp3) is 0.417. The molecule has 2 N–H and O–H groups in total. The molecule has 1 unspecified atom stereocenters. The second kappa shape index (κ2) is 4.84. The summed E-state index contributed by atoms with van der Waals surface area (Å²) in [6.07, 6.45) is 0.970. The van der Waals surface area contributed by atoms with Gasteiger partial charge in [0.25, 0.3) is 0 Å².